The van der Waals surface area contributed by atoms with Crippen molar-refractivity contribution in [2.75, 3.05) is 30.3 Å². The number of piperazine rings is 1. The van der Waals surface area contributed by atoms with Crippen LogP contribution in [0.15, 0.2) is 18.2 Å². The summed E-state index contributed by atoms with van der Waals surface area (Å²) in [4.78, 5) is 14.3. The predicted molar refractivity (Wildman–Crippen MR) is 67.2 cm³/mol. The third kappa shape index (κ3) is 2.32. The summed E-state index contributed by atoms with van der Waals surface area (Å²) in [5.74, 6) is -0.444. The van der Waals surface area contributed by atoms with E-state index in [4.69, 9.17) is 10.8 Å². The summed E-state index contributed by atoms with van der Waals surface area (Å²) in [7, 11) is 0. The Kier molecular flexibility index (Phi) is 3.27. The predicted octanol–water partition coefficient (Wildman–Crippen LogP) is 1.60. The zero-order valence-electron chi connectivity index (χ0n) is 10.1. The first-order chi connectivity index (χ1) is 8.49. The van der Waals surface area contributed by atoms with Gasteiger partial charge >= 0.3 is 6.09 Å². The first kappa shape index (κ1) is 12.5. The maximum Gasteiger partial charge on any atom is 0.407 e. The minimum atomic E-state index is -0.911. The minimum absolute atomic E-state index is 0.114. The summed E-state index contributed by atoms with van der Waals surface area (Å²) >= 11 is 0. The molecule has 6 heteroatoms. The van der Waals surface area contributed by atoms with Crippen molar-refractivity contribution in [1.29, 1.82) is 0 Å². The topological polar surface area (TPSA) is 69.8 Å². The summed E-state index contributed by atoms with van der Waals surface area (Å²) in [6.07, 6.45) is -0.911. The molecular weight excluding hydrogens is 237 g/mol. The molecule has 1 amide bonds. The molecular formula is C12H16FN3O2. The van der Waals surface area contributed by atoms with E-state index in [0.29, 0.717) is 19.6 Å². The Labute approximate surface area is 105 Å². The lowest BCUT2D eigenvalue weighted by Gasteiger charge is -2.39. The van der Waals surface area contributed by atoms with E-state index >= 15 is 0 Å². The van der Waals surface area contributed by atoms with Crippen LogP contribution in [0.1, 0.15) is 6.92 Å². The number of halogens is 1. The number of rotatable bonds is 1. The number of carboxylic acid groups (broad SMARTS) is 1. The first-order valence-corrected chi connectivity index (χ1v) is 5.78. The van der Waals surface area contributed by atoms with Gasteiger partial charge < -0.3 is 20.6 Å². The molecule has 1 saturated heterocycles. The van der Waals surface area contributed by atoms with Crippen molar-refractivity contribution in [1.82, 2.24) is 4.90 Å². The standard InChI is InChI=1S/C12H16FN3O2/c1-8-7-15(4-5-16(8)12(17)18)9-2-3-11(14)10(13)6-9/h2-3,6,8H,4-5,7,14H2,1H3,(H,17,18)/t8-/m0/s1. The Morgan fingerprint density at radius 1 is 1.50 bits per heavy atom. The molecule has 0 bridgehead atoms. The van der Waals surface area contributed by atoms with Crippen molar-refractivity contribution in [3.8, 4) is 0 Å². The normalized spacial score (nSPS) is 20.0. The van der Waals surface area contributed by atoms with E-state index in [2.05, 4.69) is 0 Å². The van der Waals surface area contributed by atoms with Gasteiger partial charge in [-0.1, -0.05) is 0 Å². The molecule has 18 heavy (non-hydrogen) atoms. The van der Waals surface area contributed by atoms with E-state index in [1.807, 2.05) is 11.8 Å². The van der Waals surface area contributed by atoms with Crippen LogP contribution in [0.5, 0.6) is 0 Å². The number of nitrogen functional groups attached to an aromatic ring is 1. The SMILES string of the molecule is C[C@H]1CN(c2ccc(N)c(F)c2)CCN1C(=O)O. The van der Waals surface area contributed by atoms with Gasteiger partial charge in [-0.3, -0.25) is 0 Å². The lowest BCUT2D eigenvalue weighted by molar-refractivity contribution is 0.122. The molecule has 5 nitrogen and oxygen atoms in total. The highest BCUT2D eigenvalue weighted by Crippen LogP contribution is 2.22. The summed E-state index contributed by atoms with van der Waals surface area (Å²) in [5.41, 5.74) is 6.28. The van der Waals surface area contributed by atoms with Crippen LogP contribution in [0.25, 0.3) is 0 Å². The maximum absolute atomic E-state index is 13.4. The third-order valence-electron chi connectivity index (χ3n) is 3.22. The van der Waals surface area contributed by atoms with Gasteiger partial charge in [-0.05, 0) is 25.1 Å². The quantitative estimate of drug-likeness (QED) is 0.746. The zero-order valence-corrected chi connectivity index (χ0v) is 10.1. The lowest BCUT2D eigenvalue weighted by atomic mass is 10.1. The van der Waals surface area contributed by atoms with Gasteiger partial charge in [-0.25, -0.2) is 9.18 Å². The van der Waals surface area contributed by atoms with E-state index in [1.54, 1.807) is 6.07 Å². The Hall–Kier alpha value is -1.98. The number of amides is 1. The molecule has 0 aliphatic carbocycles. The third-order valence-corrected chi connectivity index (χ3v) is 3.22. The van der Waals surface area contributed by atoms with Gasteiger partial charge in [-0.15, -0.1) is 0 Å². The fraction of sp³-hybridized carbons (Fsp3) is 0.417. The van der Waals surface area contributed by atoms with Gasteiger partial charge in [0, 0.05) is 31.4 Å². The van der Waals surface area contributed by atoms with Gasteiger partial charge in [0.25, 0.3) is 0 Å². The average Bonchev–Trinajstić information content (AvgIpc) is 2.32. The van der Waals surface area contributed by atoms with E-state index in [1.165, 1.54) is 17.0 Å². The summed E-state index contributed by atoms with van der Waals surface area (Å²) in [5, 5.41) is 8.98. The Morgan fingerprint density at radius 2 is 2.22 bits per heavy atom. The highest BCUT2D eigenvalue weighted by Gasteiger charge is 2.27. The fourth-order valence-electron chi connectivity index (χ4n) is 2.19. The molecule has 98 valence electrons. The molecule has 0 spiro atoms. The van der Waals surface area contributed by atoms with Crippen LogP contribution in [0.3, 0.4) is 0 Å². The molecule has 1 aromatic rings. The number of carbonyl (C=O) groups is 1. The molecule has 1 atom stereocenters. The van der Waals surface area contributed by atoms with Gasteiger partial charge in [0.2, 0.25) is 0 Å². The van der Waals surface area contributed by atoms with Crippen LogP contribution in [0.4, 0.5) is 20.6 Å². The summed E-state index contributed by atoms with van der Waals surface area (Å²) in [6, 6.07) is 4.55. The van der Waals surface area contributed by atoms with Crippen LogP contribution in [0, 0.1) is 5.82 Å². The Bertz CT molecular complexity index is 467. The van der Waals surface area contributed by atoms with Gasteiger partial charge in [0.1, 0.15) is 5.82 Å². The molecule has 0 radical (unpaired) electrons. The first-order valence-electron chi connectivity index (χ1n) is 5.78. The van der Waals surface area contributed by atoms with E-state index in [-0.39, 0.29) is 11.7 Å². The molecule has 2 rings (SSSR count). The molecule has 1 aliphatic heterocycles. The van der Waals surface area contributed by atoms with Crippen LogP contribution in [0.2, 0.25) is 0 Å². The summed E-state index contributed by atoms with van der Waals surface area (Å²) in [6.45, 7) is 3.37. The van der Waals surface area contributed by atoms with Gasteiger partial charge in [-0.2, -0.15) is 0 Å². The second-order valence-electron chi connectivity index (χ2n) is 4.48. The monoisotopic (exact) mass is 253 g/mol. The second-order valence-corrected chi connectivity index (χ2v) is 4.48. The van der Waals surface area contributed by atoms with Gasteiger partial charge in [0.15, 0.2) is 0 Å². The molecule has 0 unspecified atom stereocenters. The maximum atomic E-state index is 13.4. The molecule has 1 aromatic carbocycles. The minimum Gasteiger partial charge on any atom is -0.465 e. The van der Waals surface area contributed by atoms with E-state index in [0.717, 1.165) is 5.69 Å². The van der Waals surface area contributed by atoms with Crippen LogP contribution in [-0.2, 0) is 0 Å². The van der Waals surface area contributed by atoms with Crippen molar-refractivity contribution in [3.05, 3.63) is 24.0 Å². The Morgan fingerprint density at radius 3 is 2.78 bits per heavy atom. The van der Waals surface area contributed by atoms with E-state index in [9.17, 15) is 9.18 Å². The van der Waals surface area contributed by atoms with Crippen LogP contribution >= 0.6 is 0 Å². The number of anilines is 2. The molecule has 0 saturated carbocycles. The van der Waals surface area contributed by atoms with Crippen molar-refractivity contribution in [2.45, 2.75) is 13.0 Å². The number of hydrogen-bond acceptors (Lipinski definition) is 3. The largest absolute Gasteiger partial charge is 0.465 e. The Balaban J connectivity index is 2.12. The molecule has 1 aliphatic rings. The lowest BCUT2D eigenvalue weighted by Crippen LogP contribution is -2.53. The highest BCUT2D eigenvalue weighted by atomic mass is 19.1. The van der Waals surface area contributed by atoms with Crippen LogP contribution < -0.4 is 10.6 Å². The van der Waals surface area contributed by atoms with Crippen molar-refractivity contribution in [3.63, 3.8) is 0 Å². The molecule has 3 N–H and O–H groups in total. The van der Waals surface area contributed by atoms with E-state index < -0.39 is 11.9 Å². The molecule has 0 aromatic heterocycles. The second kappa shape index (κ2) is 4.72. The number of benzene rings is 1. The smallest absolute Gasteiger partial charge is 0.407 e. The fourth-order valence-corrected chi connectivity index (χ4v) is 2.19. The molecule has 1 heterocycles. The number of nitrogens with two attached hydrogens (primary N) is 1. The molecule has 1 fully saturated rings. The highest BCUT2D eigenvalue weighted by molar-refractivity contribution is 5.66. The van der Waals surface area contributed by atoms with Crippen molar-refractivity contribution in [2.24, 2.45) is 0 Å². The number of nitrogens with zero attached hydrogens (tertiary/aromatic N) is 2. The number of hydrogen-bond donors (Lipinski definition) is 2. The summed E-state index contributed by atoms with van der Waals surface area (Å²) < 4.78 is 13.4. The van der Waals surface area contributed by atoms with Gasteiger partial charge in [0.05, 0.1) is 5.69 Å². The van der Waals surface area contributed by atoms with Crippen molar-refractivity contribution >= 4 is 17.5 Å². The zero-order chi connectivity index (χ0) is 13.3. The van der Waals surface area contributed by atoms with Crippen LogP contribution in [-0.4, -0.2) is 41.8 Å². The average molecular weight is 253 g/mol. The van der Waals surface area contributed by atoms with Crippen molar-refractivity contribution < 1.29 is 14.3 Å².